The summed E-state index contributed by atoms with van der Waals surface area (Å²) >= 11 is 6.13. The Labute approximate surface area is 128 Å². The summed E-state index contributed by atoms with van der Waals surface area (Å²) in [6.45, 7) is 4.16. The van der Waals surface area contributed by atoms with Crippen LogP contribution in [0, 0.1) is 19.3 Å². The second kappa shape index (κ2) is 4.93. The first-order valence-corrected chi connectivity index (χ1v) is 7.08. The molecule has 3 nitrogen and oxygen atoms in total. The monoisotopic (exact) mass is 297 g/mol. The number of benzene rings is 2. The van der Waals surface area contributed by atoms with Crippen LogP contribution in [0.25, 0.3) is 16.8 Å². The molecule has 0 amide bonds. The molecule has 4 N–H and O–H groups in total. The standard InChI is InChI=1S/C17H16ClN3/c1-9-5-10(2)17-14(6-9)12-4-3-11(18)7-13(12)15(21-17)8-16(19)20/h3-8,21H,1-2H3,(H3,19,20)/b15-8-. The molecule has 1 aliphatic rings. The van der Waals surface area contributed by atoms with Gasteiger partial charge in [-0.1, -0.05) is 29.3 Å². The third-order valence-corrected chi connectivity index (χ3v) is 3.84. The predicted molar refractivity (Wildman–Crippen MR) is 89.9 cm³/mol. The lowest BCUT2D eigenvalue weighted by Gasteiger charge is -2.26. The molecule has 0 atom stereocenters. The molecule has 0 saturated heterocycles. The molecule has 1 aliphatic heterocycles. The highest BCUT2D eigenvalue weighted by Crippen LogP contribution is 2.43. The molecule has 0 bridgehead atoms. The van der Waals surface area contributed by atoms with Crippen LogP contribution in [-0.4, -0.2) is 5.84 Å². The van der Waals surface area contributed by atoms with E-state index in [2.05, 4.69) is 31.3 Å². The van der Waals surface area contributed by atoms with Gasteiger partial charge in [-0.2, -0.15) is 0 Å². The smallest absolute Gasteiger partial charge is 0.117 e. The molecular formula is C17H16ClN3. The van der Waals surface area contributed by atoms with Gasteiger partial charge < -0.3 is 11.1 Å². The summed E-state index contributed by atoms with van der Waals surface area (Å²) in [4.78, 5) is 0. The number of amidine groups is 1. The van der Waals surface area contributed by atoms with E-state index in [4.69, 9.17) is 22.7 Å². The molecular weight excluding hydrogens is 282 g/mol. The van der Waals surface area contributed by atoms with E-state index in [1.54, 1.807) is 6.08 Å². The maximum atomic E-state index is 7.53. The quantitative estimate of drug-likeness (QED) is 0.542. The first-order valence-electron chi connectivity index (χ1n) is 6.70. The van der Waals surface area contributed by atoms with Crippen molar-refractivity contribution in [2.45, 2.75) is 13.8 Å². The average molecular weight is 298 g/mol. The van der Waals surface area contributed by atoms with Gasteiger partial charge in [-0.05, 0) is 43.2 Å². The van der Waals surface area contributed by atoms with Crippen LogP contribution < -0.4 is 11.1 Å². The molecule has 1 heterocycles. The molecule has 0 saturated carbocycles. The summed E-state index contributed by atoms with van der Waals surface area (Å²) in [5, 5.41) is 11.6. The Morgan fingerprint density at radius 1 is 1.14 bits per heavy atom. The molecule has 0 spiro atoms. The minimum atomic E-state index is 0.0108. The van der Waals surface area contributed by atoms with Gasteiger partial charge in [0.15, 0.2) is 0 Å². The van der Waals surface area contributed by atoms with Crippen LogP contribution in [0.4, 0.5) is 5.69 Å². The van der Waals surface area contributed by atoms with E-state index >= 15 is 0 Å². The van der Waals surface area contributed by atoms with Crippen molar-refractivity contribution >= 4 is 28.8 Å². The Morgan fingerprint density at radius 2 is 1.90 bits per heavy atom. The number of hydrogen-bond donors (Lipinski definition) is 3. The Hall–Kier alpha value is -2.26. The normalized spacial score (nSPS) is 14.3. The van der Waals surface area contributed by atoms with Crippen LogP contribution in [0.3, 0.4) is 0 Å². The molecule has 106 valence electrons. The summed E-state index contributed by atoms with van der Waals surface area (Å²) in [5.74, 6) is 0.0108. The van der Waals surface area contributed by atoms with Crippen molar-refractivity contribution in [3.63, 3.8) is 0 Å². The van der Waals surface area contributed by atoms with Crippen LogP contribution >= 0.6 is 11.6 Å². The Kier molecular flexibility index (Phi) is 3.22. The van der Waals surface area contributed by atoms with Crippen molar-refractivity contribution in [3.8, 4) is 11.1 Å². The van der Waals surface area contributed by atoms with E-state index in [-0.39, 0.29) is 5.84 Å². The van der Waals surface area contributed by atoms with Crippen LogP contribution in [0.5, 0.6) is 0 Å². The second-order valence-corrected chi connectivity index (χ2v) is 5.77. The maximum absolute atomic E-state index is 7.53. The summed E-state index contributed by atoms with van der Waals surface area (Å²) in [7, 11) is 0. The van der Waals surface area contributed by atoms with E-state index < -0.39 is 0 Å². The lowest BCUT2D eigenvalue weighted by molar-refractivity contribution is 1.34. The molecule has 3 rings (SSSR count). The van der Waals surface area contributed by atoms with Crippen LogP contribution in [0.1, 0.15) is 16.7 Å². The van der Waals surface area contributed by atoms with Crippen LogP contribution in [-0.2, 0) is 0 Å². The highest BCUT2D eigenvalue weighted by Gasteiger charge is 2.21. The van der Waals surface area contributed by atoms with Gasteiger partial charge in [0, 0.05) is 27.9 Å². The molecule has 4 heteroatoms. The third kappa shape index (κ3) is 2.41. The molecule has 0 aromatic heterocycles. The van der Waals surface area contributed by atoms with Gasteiger partial charge >= 0.3 is 0 Å². The fourth-order valence-electron chi connectivity index (χ4n) is 2.79. The van der Waals surface area contributed by atoms with Crippen LogP contribution in [0.15, 0.2) is 36.4 Å². The summed E-state index contributed by atoms with van der Waals surface area (Å²) in [5.41, 5.74) is 13.0. The molecule has 2 aromatic carbocycles. The van der Waals surface area contributed by atoms with Crippen molar-refractivity contribution in [2.75, 3.05) is 5.32 Å². The Morgan fingerprint density at radius 3 is 2.62 bits per heavy atom. The van der Waals surface area contributed by atoms with Crippen molar-refractivity contribution in [1.82, 2.24) is 0 Å². The van der Waals surface area contributed by atoms with Crippen molar-refractivity contribution in [2.24, 2.45) is 5.73 Å². The predicted octanol–water partition coefficient (Wildman–Crippen LogP) is 4.33. The number of rotatable bonds is 1. The summed E-state index contributed by atoms with van der Waals surface area (Å²) in [6, 6.07) is 10.1. The van der Waals surface area contributed by atoms with Gasteiger partial charge in [0.2, 0.25) is 0 Å². The lowest BCUT2D eigenvalue weighted by atomic mass is 9.89. The number of aryl methyl sites for hydroxylation is 2. The molecule has 0 fully saturated rings. The molecule has 2 aromatic rings. The zero-order valence-corrected chi connectivity index (χ0v) is 12.7. The number of fused-ring (bicyclic) bond motifs is 3. The minimum Gasteiger partial charge on any atom is -0.384 e. The fourth-order valence-corrected chi connectivity index (χ4v) is 2.96. The van der Waals surface area contributed by atoms with E-state index in [0.29, 0.717) is 5.02 Å². The summed E-state index contributed by atoms with van der Waals surface area (Å²) in [6.07, 6.45) is 1.62. The SMILES string of the molecule is Cc1cc(C)c2c(c1)-c1ccc(Cl)cc1/C(=C/C(=N)N)N2. The average Bonchev–Trinajstić information content (AvgIpc) is 2.39. The fraction of sp³-hybridized carbons (Fsp3) is 0.118. The number of hydrogen-bond acceptors (Lipinski definition) is 2. The van der Waals surface area contributed by atoms with Gasteiger partial charge in [-0.15, -0.1) is 0 Å². The van der Waals surface area contributed by atoms with Crippen molar-refractivity contribution in [3.05, 3.63) is 58.1 Å². The number of nitrogens with two attached hydrogens (primary N) is 1. The molecule has 0 radical (unpaired) electrons. The zero-order chi connectivity index (χ0) is 15.1. The number of anilines is 1. The summed E-state index contributed by atoms with van der Waals surface area (Å²) < 4.78 is 0. The molecule has 0 aliphatic carbocycles. The van der Waals surface area contributed by atoms with E-state index in [1.807, 2.05) is 18.2 Å². The van der Waals surface area contributed by atoms with Crippen molar-refractivity contribution in [1.29, 1.82) is 5.41 Å². The first kappa shape index (κ1) is 13.7. The van der Waals surface area contributed by atoms with Gasteiger partial charge in [0.1, 0.15) is 5.84 Å². The zero-order valence-electron chi connectivity index (χ0n) is 11.9. The van der Waals surface area contributed by atoms with E-state index in [0.717, 1.165) is 28.1 Å². The second-order valence-electron chi connectivity index (χ2n) is 5.33. The Bertz CT molecular complexity index is 791. The highest BCUT2D eigenvalue weighted by molar-refractivity contribution is 6.31. The topological polar surface area (TPSA) is 61.9 Å². The van der Waals surface area contributed by atoms with Gasteiger partial charge in [0.05, 0.1) is 5.70 Å². The number of halogens is 1. The molecule has 0 unspecified atom stereocenters. The lowest BCUT2D eigenvalue weighted by Crippen LogP contribution is -2.14. The van der Waals surface area contributed by atoms with E-state index in [9.17, 15) is 0 Å². The first-order chi connectivity index (χ1) is 9.95. The van der Waals surface area contributed by atoms with Gasteiger partial charge in [-0.25, -0.2) is 0 Å². The highest BCUT2D eigenvalue weighted by atomic mass is 35.5. The minimum absolute atomic E-state index is 0.0108. The van der Waals surface area contributed by atoms with Crippen molar-refractivity contribution < 1.29 is 0 Å². The molecule has 21 heavy (non-hydrogen) atoms. The van der Waals surface area contributed by atoms with Crippen LogP contribution in [0.2, 0.25) is 5.02 Å². The largest absolute Gasteiger partial charge is 0.384 e. The number of nitrogens with one attached hydrogen (secondary N) is 2. The van der Waals surface area contributed by atoms with Gasteiger partial charge in [0.25, 0.3) is 0 Å². The Balaban J connectivity index is 2.33. The van der Waals surface area contributed by atoms with E-state index in [1.165, 1.54) is 11.1 Å². The van der Waals surface area contributed by atoms with Gasteiger partial charge in [-0.3, -0.25) is 5.41 Å². The maximum Gasteiger partial charge on any atom is 0.117 e. The third-order valence-electron chi connectivity index (χ3n) is 3.60.